The second kappa shape index (κ2) is 6.31. The van der Waals surface area contributed by atoms with Gasteiger partial charge >= 0.3 is 0 Å². The third-order valence-electron chi connectivity index (χ3n) is 3.49. The maximum atomic E-state index is 12.5. The van der Waals surface area contributed by atoms with Crippen LogP contribution < -0.4 is 5.73 Å². The molecule has 1 amide bonds. The number of aromatic amines is 1. The molecule has 0 aliphatic carbocycles. The van der Waals surface area contributed by atoms with Crippen molar-refractivity contribution in [2.24, 2.45) is 0 Å². The number of hydrogen-bond acceptors (Lipinski definition) is 4. The summed E-state index contributed by atoms with van der Waals surface area (Å²) in [5, 5.41) is 0. The molecule has 0 bridgehead atoms. The van der Waals surface area contributed by atoms with Gasteiger partial charge in [0.05, 0.1) is 5.69 Å². The fourth-order valence-corrected chi connectivity index (χ4v) is 2.33. The lowest BCUT2D eigenvalue weighted by Gasteiger charge is -2.16. The van der Waals surface area contributed by atoms with Gasteiger partial charge in [-0.15, -0.1) is 0 Å². The van der Waals surface area contributed by atoms with E-state index in [0.717, 1.165) is 11.1 Å². The molecular weight excluding hydrogens is 290 g/mol. The monoisotopic (exact) mass is 307 g/mol. The van der Waals surface area contributed by atoms with E-state index in [0.29, 0.717) is 17.9 Å². The molecule has 0 aliphatic heterocycles. The highest BCUT2D eigenvalue weighted by Gasteiger charge is 2.15. The molecule has 3 rings (SSSR count). The molecule has 0 aliphatic rings. The molecule has 0 atom stereocenters. The number of amides is 1. The van der Waals surface area contributed by atoms with Crippen molar-refractivity contribution in [3.05, 3.63) is 66.1 Å². The molecule has 0 spiro atoms. The van der Waals surface area contributed by atoms with Crippen molar-refractivity contribution in [3.63, 3.8) is 0 Å². The average molecular weight is 307 g/mol. The van der Waals surface area contributed by atoms with Crippen molar-refractivity contribution in [1.82, 2.24) is 19.9 Å². The third kappa shape index (κ3) is 3.37. The molecule has 23 heavy (non-hydrogen) atoms. The number of carbonyl (C=O) groups is 1. The van der Waals surface area contributed by atoms with Gasteiger partial charge in [0.15, 0.2) is 0 Å². The molecule has 3 aromatic rings. The first-order chi connectivity index (χ1) is 11.1. The molecule has 116 valence electrons. The van der Waals surface area contributed by atoms with E-state index in [2.05, 4.69) is 15.0 Å². The summed E-state index contributed by atoms with van der Waals surface area (Å²) in [6.45, 7) is 0.550. The number of nitrogens with two attached hydrogens (primary N) is 1. The lowest BCUT2D eigenvalue weighted by Crippen LogP contribution is -2.26. The fourth-order valence-electron chi connectivity index (χ4n) is 2.33. The van der Waals surface area contributed by atoms with Crippen LogP contribution in [0.2, 0.25) is 0 Å². The van der Waals surface area contributed by atoms with E-state index in [9.17, 15) is 4.79 Å². The van der Waals surface area contributed by atoms with Gasteiger partial charge in [0.2, 0.25) is 5.95 Å². The Kier molecular flexibility index (Phi) is 4.05. The van der Waals surface area contributed by atoms with E-state index in [1.54, 1.807) is 36.5 Å². The summed E-state index contributed by atoms with van der Waals surface area (Å²) in [6, 6.07) is 13.4. The molecule has 6 heteroatoms. The van der Waals surface area contributed by atoms with Gasteiger partial charge in [-0.3, -0.25) is 4.79 Å². The highest BCUT2D eigenvalue weighted by molar-refractivity contribution is 5.93. The summed E-state index contributed by atoms with van der Waals surface area (Å²) in [5.41, 5.74) is 8.66. The number of aromatic nitrogens is 3. The molecule has 0 saturated carbocycles. The molecule has 2 heterocycles. The van der Waals surface area contributed by atoms with Crippen molar-refractivity contribution < 1.29 is 4.79 Å². The number of rotatable bonds is 4. The zero-order valence-corrected chi connectivity index (χ0v) is 12.7. The van der Waals surface area contributed by atoms with Crippen LogP contribution in [0.3, 0.4) is 0 Å². The van der Waals surface area contributed by atoms with E-state index in [-0.39, 0.29) is 11.9 Å². The smallest absolute Gasteiger partial charge is 0.270 e. The van der Waals surface area contributed by atoms with Crippen molar-refractivity contribution in [1.29, 1.82) is 0 Å². The van der Waals surface area contributed by atoms with Crippen LogP contribution in [0, 0.1) is 0 Å². The van der Waals surface area contributed by atoms with Gasteiger partial charge in [0.1, 0.15) is 5.69 Å². The first kappa shape index (κ1) is 14.8. The number of anilines is 1. The molecule has 6 nitrogen and oxygen atoms in total. The lowest BCUT2D eigenvalue weighted by molar-refractivity contribution is 0.0780. The zero-order valence-electron chi connectivity index (χ0n) is 12.7. The van der Waals surface area contributed by atoms with Crippen LogP contribution in [-0.4, -0.2) is 32.8 Å². The number of nitrogens with zero attached hydrogens (tertiary/aromatic N) is 3. The third-order valence-corrected chi connectivity index (χ3v) is 3.49. The Morgan fingerprint density at radius 3 is 2.78 bits per heavy atom. The SMILES string of the molecule is CN(Cc1ccccc1)C(=O)c1cc(-c2ccnc(N)n2)c[nH]1. The van der Waals surface area contributed by atoms with Crippen LogP contribution in [0.1, 0.15) is 16.1 Å². The molecule has 0 fully saturated rings. The standard InChI is InChI=1S/C17H17N5O/c1-22(11-12-5-3-2-4-6-12)16(23)15-9-13(10-20-15)14-7-8-19-17(18)21-14/h2-10,20H,11H2,1H3,(H2,18,19,21). The Bertz CT molecular complexity index is 813. The molecule has 0 saturated heterocycles. The number of nitrogens with one attached hydrogen (secondary N) is 1. The normalized spacial score (nSPS) is 10.5. The fraction of sp³-hybridized carbons (Fsp3) is 0.118. The first-order valence-corrected chi connectivity index (χ1v) is 7.20. The van der Waals surface area contributed by atoms with E-state index in [4.69, 9.17) is 5.73 Å². The Balaban J connectivity index is 1.76. The number of benzene rings is 1. The van der Waals surface area contributed by atoms with Crippen LogP contribution in [0.25, 0.3) is 11.3 Å². The van der Waals surface area contributed by atoms with Crippen LogP contribution >= 0.6 is 0 Å². The van der Waals surface area contributed by atoms with Gasteiger partial charge in [-0.1, -0.05) is 30.3 Å². The molecule has 0 unspecified atom stereocenters. The number of nitrogen functional groups attached to an aromatic ring is 1. The minimum atomic E-state index is -0.0814. The lowest BCUT2D eigenvalue weighted by atomic mass is 10.2. The second-order valence-electron chi connectivity index (χ2n) is 5.25. The summed E-state index contributed by atoms with van der Waals surface area (Å²) in [4.78, 5) is 25.2. The maximum Gasteiger partial charge on any atom is 0.270 e. The van der Waals surface area contributed by atoms with Crippen LogP contribution in [0.5, 0.6) is 0 Å². The largest absolute Gasteiger partial charge is 0.368 e. The van der Waals surface area contributed by atoms with Crippen molar-refractivity contribution in [3.8, 4) is 11.3 Å². The number of carbonyl (C=O) groups excluding carboxylic acids is 1. The van der Waals surface area contributed by atoms with Gasteiger partial charge in [-0.2, -0.15) is 0 Å². The Hall–Kier alpha value is -3.15. The van der Waals surface area contributed by atoms with Gasteiger partial charge in [-0.05, 0) is 17.7 Å². The first-order valence-electron chi connectivity index (χ1n) is 7.20. The van der Waals surface area contributed by atoms with Gasteiger partial charge < -0.3 is 15.6 Å². The van der Waals surface area contributed by atoms with Gasteiger partial charge in [0, 0.05) is 31.5 Å². The van der Waals surface area contributed by atoms with Gasteiger partial charge in [0.25, 0.3) is 5.91 Å². The number of H-pyrrole nitrogens is 1. The van der Waals surface area contributed by atoms with Crippen LogP contribution in [-0.2, 0) is 6.54 Å². The van der Waals surface area contributed by atoms with E-state index >= 15 is 0 Å². The van der Waals surface area contributed by atoms with E-state index in [1.165, 1.54) is 0 Å². The molecule has 1 aromatic carbocycles. The minimum absolute atomic E-state index is 0.0814. The van der Waals surface area contributed by atoms with Crippen molar-refractivity contribution in [2.75, 3.05) is 12.8 Å². The van der Waals surface area contributed by atoms with Crippen LogP contribution in [0.15, 0.2) is 54.9 Å². The summed E-state index contributed by atoms with van der Waals surface area (Å²) in [6.07, 6.45) is 3.33. The maximum absolute atomic E-state index is 12.5. The summed E-state index contributed by atoms with van der Waals surface area (Å²) >= 11 is 0. The summed E-state index contributed by atoms with van der Waals surface area (Å²) in [5.74, 6) is 0.125. The molecule has 3 N–H and O–H groups in total. The minimum Gasteiger partial charge on any atom is -0.368 e. The average Bonchev–Trinajstić information content (AvgIpc) is 3.05. The summed E-state index contributed by atoms with van der Waals surface area (Å²) < 4.78 is 0. The van der Waals surface area contributed by atoms with E-state index in [1.807, 2.05) is 30.3 Å². The zero-order chi connectivity index (χ0) is 16.2. The number of hydrogen-bond donors (Lipinski definition) is 2. The highest BCUT2D eigenvalue weighted by Crippen LogP contribution is 2.19. The Morgan fingerprint density at radius 1 is 1.26 bits per heavy atom. The van der Waals surface area contributed by atoms with Gasteiger partial charge in [-0.25, -0.2) is 9.97 Å². The molecule has 0 radical (unpaired) electrons. The Morgan fingerprint density at radius 2 is 2.04 bits per heavy atom. The second-order valence-corrected chi connectivity index (χ2v) is 5.25. The predicted molar refractivity (Wildman–Crippen MR) is 88.5 cm³/mol. The molecular formula is C17H17N5O. The highest BCUT2D eigenvalue weighted by atomic mass is 16.2. The van der Waals surface area contributed by atoms with E-state index < -0.39 is 0 Å². The van der Waals surface area contributed by atoms with Crippen LogP contribution in [0.4, 0.5) is 5.95 Å². The topological polar surface area (TPSA) is 87.9 Å². The molecule has 2 aromatic heterocycles. The summed E-state index contributed by atoms with van der Waals surface area (Å²) in [7, 11) is 1.78. The predicted octanol–water partition coefficient (Wildman–Crippen LogP) is 2.33. The van der Waals surface area contributed by atoms with Crippen molar-refractivity contribution in [2.45, 2.75) is 6.54 Å². The quantitative estimate of drug-likeness (QED) is 0.774. The Labute approximate surface area is 134 Å². The van der Waals surface area contributed by atoms with Crippen molar-refractivity contribution >= 4 is 11.9 Å².